The van der Waals surface area contributed by atoms with E-state index in [-0.39, 0.29) is 44.1 Å². The minimum absolute atomic E-state index is 0.0108. The van der Waals surface area contributed by atoms with Crippen molar-refractivity contribution in [2.75, 3.05) is 13.2 Å². The van der Waals surface area contributed by atoms with Gasteiger partial charge in [0, 0.05) is 19.0 Å². The lowest BCUT2D eigenvalue weighted by molar-refractivity contribution is -0.143. The summed E-state index contributed by atoms with van der Waals surface area (Å²) in [5, 5.41) is 26.2. The summed E-state index contributed by atoms with van der Waals surface area (Å²) in [6.07, 6.45) is 0.527. The maximum absolute atomic E-state index is 13.7. The van der Waals surface area contributed by atoms with Crippen LogP contribution in [0, 0.1) is 5.92 Å². The summed E-state index contributed by atoms with van der Waals surface area (Å²) in [6.45, 7) is 4.27. The third-order valence-electron chi connectivity index (χ3n) is 8.36. The van der Waals surface area contributed by atoms with E-state index in [1.807, 2.05) is 13.8 Å². The van der Waals surface area contributed by atoms with Crippen LogP contribution in [-0.2, 0) is 33.6 Å². The van der Waals surface area contributed by atoms with Crippen LogP contribution in [0.15, 0.2) is 30.3 Å². The van der Waals surface area contributed by atoms with Crippen LogP contribution >= 0.6 is 0 Å². The number of hydrogen-bond donors (Lipinski definition) is 7. The smallest absolute Gasteiger partial charge is 0.248 e. The summed E-state index contributed by atoms with van der Waals surface area (Å²) < 4.78 is 0. The van der Waals surface area contributed by atoms with Crippen molar-refractivity contribution in [3.63, 3.8) is 0 Å². The number of nitrogens with one attached hydrogen (secondary N) is 6. The first kappa shape index (κ1) is 34.3. The molecular weight excluding hydrogens is 598 g/mol. The van der Waals surface area contributed by atoms with Gasteiger partial charge in [0.25, 0.3) is 0 Å². The molecule has 7 atom stereocenters. The van der Waals surface area contributed by atoms with Crippen LogP contribution in [0.4, 0.5) is 0 Å². The van der Waals surface area contributed by atoms with Gasteiger partial charge in [-0.3, -0.25) is 33.6 Å². The molecule has 15 nitrogen and oxygen atoms in total. The van der Waals surface area contributed by atoms with E-state index in [2.05, 4.69) is 31.9 Å². The zero-order chi connectivity index (χ0) is 33.5. The van der Waals surface area contributed by atoms with Gasteiger partial charge in [-0.25, -0.2) is 0 Å². The molecule has 3 saturated heterocycles. The predicted octanol–water partition coefficient (Wildman–Crippen LogP) is -1.88. The van der Waals surface area contributed by atoms with Crippen molar-refractivity contribution in [1.82, 2.24) is 36.8 Å². The highest BCUT2D eigenvalue weighted by atomic mass is 16.3. The summed E-state index contributed by atoms with van der Waals surface area (Å²) in [5.74, 6) is -3.99. The monoisotopic (exact) mass is 641 g/mol. The average molecular weight is 642 g/mol. The summed E-state index contributed by atoms with van der Waals surface area (Å²) in [4.78, 5) is 93.0. The Hall–Kier alpha value is -4.53. The van der Waals surface area contributed by atoms with Gasteiger partial charge in [0.05, 0.1) is 19.1 Å². The third-order valence-corrected chi connectivity index (χ3v) is 8.36. The van der Waals surface area contributed by atoms with Gasteiger partial charge >= 0.3 is 0 Å². The second kappa shape index (κ2) is 15.2. The Kier molecular flexibility index (Phi) is 11.3. The van der Waals surface area contributed by atoms with Crippen molar-refractivity contribution >= 4 is 41.4 Å². The van der Waals surface area contributed by atoms with Crippen molar-refractivity contribution in [3.05, 3.63) is 35.9 Å². The molecule has 0 spiro atoms. The molecule has 250 valence electrons. The van der Waals surface area contributed by atoms with Crippen LogP contribution in [0.25, 0.3) is 0 Å². The molecule has 7 N–H and O–H groups in total. The van der Waals surface area contributed by atoms with E-state index in [0.29, 0.717) is 12.0 Å². The highest BCUT2D eigenvalue weighted by Crippen LogP contribution is 2.22. The fraction of sp³-hybridized carbons (Fsp3) is 0.581. The minimum Gasteiger partial charge on any atom is -0.394 e. The van der Waals surface area contributed by atoms with Crippen LogP contribution in [0.1, 0.15) is 64.5 Å². The zero-order valence-corrected chi connectivity index (χ0v) is 26.2. The molecule has 4 rings (SSSR count). The normalized spacial score (nSPS) is 29.8. The highest BCUT2D eigenvalue weighted by Gasteiger charge is 2.44. The van der Waals surface area contributed by atoms with E-state index < -0.39 is 84.3 Å². The number of rotatable bonds is 6. The molecule has 0 radical (unpaired) electrons. The topological polar surface area (TPSA) is 215 Å². The van der Waals surface area contributed by atoms with Crippen molar-refractivity contribution in [2.24, 2.45) is 5.92 Å². The number of fused-ring (bicyclic) bond motifs is 1. The molecule has 1 aromatic rings. The second-order valence-corrected chi connectivity index (χ2v) is 12.5. The maximum atomic E-state index is 13.7. The average Bonchev–Trinajstić information content (AvgIpc) is 3.64. The molecule has 0 unspecified atom stereocenters. The second-order valence-electron chi connectivity index (χ2n) is 12.5. The summed E-state index contributed by atoms with van der Waals surface area (Å²) in [6, 6.07) is 1.85. The summed E-state index contributed by atoms with van der Waals surface area (Å²) in [5.41, 5.74) is 0.639. The van der Waals surface area contributed by atoms with Gasteiger partial charge in [-0.15, -0.1) is 0 Å². The lowest BCUT2D eigenvalue weighted by Crippen LogP contribution is -2.59. The number of amides is 7. The highest BCUT2D eigenvalue weighted by molar-refractivity contribution is 5.97. The van der Waals surface area contributed by atoms with Gasteiger partial charge in [-0.05, 0) is 37.7 Å². The zero-order valence-electron chi connectivity index (χ0n) is 26.2. The van der Waals surface area contributed by atoms with E-state index in [1.54, 1.807) is 30.3 Å². The van der Waals surface area contributed by atoms with Crippen molar-refractivity contribution in [3.8, 4) is 0 Å². The van der Waals surface area contributed by atoms with Crippen LogP contribution < -0.4 is 31.9 Å². The first-order valence-electron chi connectivity index (χ1n) is 15.6. The number of benzene rings is 1. The van der Waals surface area contributed by atoms with Gasteiger partial charge in [-0.2, -0.15) is 0 Å². The largest absolute Gasteiger partial charge is 0.394 e. The lowest BCUT2D eigenvalue weighted by atomic mass is 10.00. The molecule has 0 aromatic heterocycles. The molecular formula is C31H43N7O8. The standard InChI is InChI=1S/C31H43N7O8/c1-16(2)11-22-29(44)37-23(15-39)31(46)38-14-19(33-28(43)20-9-10-25(40)34-20)12-24(38)30(45)32-17(3)27(42)36-21(13-26(41)35-22)18-7-5-4-6-8-18/h4-8,16-17,19-24,39H,9-15H2,1-3H3,(H,32,45)(H,33,43)(H,34,40)(H,35,41)(H,36,42)(H,37,44)/t17-,19-,20+,21-,22-,23-,24-/m0/s1. The number of carbonyl (C=O) groups excluding carboxylic acids is 7. The number of carbonyl (C=O) groups is 7. The molecule has 0 saturated carbocycles. The number of hydrogen-bond acceptors (Lipinski definition) is 8. The Morgan fingerprint density at radius 2 is 1.63 bits per heavy atom. The Morgan fingerprint density at radius 3 is 2.26 bits per heavy atom. The van der Waals surface area contributed by atoms with Gasteiger partial charge in [0.15, 0.2) is 0 Å². The fourth-order valence-corrected chi connectivity index (χ4v) is 5.95. The first-order chi connectivity index (χ1) is 21.9. The molecule has 1 aromatic carbocycles. The Balaban J connectivity index is 1.63. The molecule has 3 aliphatic heterocycles. The molecule has 7 amide bonds. The van der Waals surface area contributed by atoms with Crippen LogP contribution in [-0.4, -0.2) is 101 Å². The minimum atomic E-state index is -1.45. The van der Waals surface area contributed by atoms with Crippen molar-refractivity contribution in [1.29, 1.82) is 0 Å². The van der Waals surface area contributed by atoms with E-state index in [9.17, 15) is 38.7 Å². The quantitative estimate of drug-likeness (QED) is 0.186. The molecule has 3 heterocycles. The molecule has 15 heteroatoms. The molecule has 46 heavy (non-hydrogen) atoms. The maximum Gasteiger partial charge on any atom is 0.248 e. The van der Waals surface area contributed by atoms with E-state index in [0.717, 1.165) is 4.90 Å². The summed E-state index contributed by atoms with van der Waals surface area (Å²) >= 11 is 0. The van der Waals surface area contributed by atoms with Crippen LogP contribution in [0.5, 0.6) is 0 Å². The molecule has 0 aliphatic carbocycles. The van der Waals surface area contributed by atoms with E-state index in [1.165, 1.54) is 6.92 Å². The van der Waals surface area contributed by atoms with E-state index >= 15 is 0 Å². The lowest BCUT2D eigenvalue weighted by Gasteiger charge is -2.30. The Morgan fingerprint density at radius 1 is 0.913 bits per heavy atom. The molecule has 3 fully saturated rings. The third kappa shape index (κ3) is 8.59. The Bertz CT molecular complexity index is 1340. The SMILES string of the molecule is CC(C)C[C@@H]1NC(=O)C[C@@H](c2ccccc2)NC(=O)[C@H](C)NC(=O)[C@@H]2C[C@H](NC(=O)[C@H]3CCC(=O)N3)CN2C(=O)[C@H](CO)NC1=O. The number of aliphatic hydroxyl groups excluding tert-OH is 1. The predicted molar refractivity (Wildman–Crippen MR) is 163 cm³/mol. The number of nitrogens with zero attached hydrogens (tertiary/aromatic N) is 1. The van der Waals surface area contributed by atoms with Gasteiger partial charge in [0.1, 0.15) is 30.2 Å². The summed E-state index contributed by atoms with van der Waals surface area (Å²) in [7, 11) is 0. The van der Waals surface area contributed by atoms with Crippen molar-refractivity contribution in [2.45, 2.75) is 95.2 Å². The first-order valence-corrected chi connectivity index (χ1v) is 15.6. The Labute approximate surface area is 267 Å². The van der Waals surface area contributed by atoms with Gasteiger partial charge in [-0.1, -0.05) is 44.2 Å². The van der Waals surface area contributed by atoms with Gasteiger partial charge in [0.2, 0.25) is 41.4 Å². The van der Waals surface area contributed by atoms with Crippen LogP contribution in [0.2, 0.25) is 0 Å². The molecule has 3 aliphatic rings. The van der Waals surface area contributed by atoms with Gasteiger partial charge < -0.3 is 41.9 Å². The molecule has 0 bridgehead atoms. The number of aliphatic hydroxyl groups is 1. The van der Waals surface area contributed by atoms with Crippen molar-refractivity contribution < 1.29 is 38.7 Å². The van der Waals surface area contributed by atoms with E-state index in [4.69, 9.17) is 0 Å². The fourth-order valence-electron chi connectivity index (χ4n) is 5.95. The van der Waals surface area contributed by atoms with Crippen LogP contribution in [0.3, 0.4) is 0 Å².